The molecule has 1 aromatic carbocycles. The zero-order valence-corrected chi connectivity index (χ0v) is 9.45. The van der Waals surface area contributed by atoms with Crippen molar-refractivity contribution in [2.45, 2.75) is 0 Å². The fraction of sp³-hybridized carbons (Fsp3) is 0. The van der Waals surface area contributed by atoms with E-state index in [1.54, 1.807) is 24.9 Å². The molecule has 2 aromatic heterocycles. The van der Waals surface area contributed by atoms with Gasteiger partial charge in [-0.05, 0) is 18.2 Å². The van der Waals surface area contributed by atoms with Crippen molar-refractivity contribution in [3.8, 4) is 0 Å². The van der Waals surface area contributed by atoms with E-state index in [-0.39, 0.29) is 0 Å². The van der Waals surface area contributed by atoms with Crippen molar-refractivity contribution in [2.24, 2.45) is 5.10 Å². The number of nitrogens with one attached hydrogen (secondary N) is 1. The third kappa shape index (κ3) is 2.06. The fourth-order valence-electron chi connectivity index (χ4n) is 1.65. The van der Waals surface area contributed by atoms with Gasteiger partial charge in [-0.15, -0.1) is 0 Å². The Morgan fingerprint density at radius 2 is 2.06 bits per heavy atom. The van der Waals surface area contributed by atoms with Gasteiger partial charge in [-0.2, -0.15) is 15.3 Å². The van der Waals surface area contributed by atoms with E-state index < -0.39 is 0 Å². The van der Waals surface area contributed by atoms with Crippen LogP contribution < -0.4 is 5.43 Å². The first kappa shape index (κ1) is 10.5. The minimum absolute atomic E-state index is 0.697. The van der Waals surface area contributed by atoms with E-state index in [9.17, 15) is 0 Å². The quantitative estimate of drug-likeness (QED) is 0.562. The summed E-state index contributed by atoms with van der Waals surface area (Å²) in [6.45, 7) is 0. The number of aromatic nitrogens is 2. The lowest BCUT2D eigenvalue weighted by Crippen LogP contribution is -1.92. The molecule has 88 valence electrons. The molecule has 0 aliphatic heterocycles. The van der Waals surface area contributed by atoms with Crippen molar-refractivity contribution in [3.05, 3.63) is 54.7 Å². The van der Waals surface area contributed by atoms with Crippen LogP contribution in [0.1, 0.15) is 5.76 Å². The van der Waals surface area contributed by atoms with Gasteiger partial charge in [0.05, 0.1) is 30.6 Å². The monoisotopic (exact) mass is 238 g/mol. The highest BCUT2D eigenvalue weighted by Gasteiger charge is 1.99. The van der Waals surface area contributed by atoms with Gasteiger partial charge < -0.3 is 4.42 Å². The van der Waals surface area contributed by atoms with Crippen LogP contribution in [0.3, 0.4) is 0 Å². The SMILES string of the molecule is C(=N\Nc1cccc2cnncc12)/c1ccco1. The number of anilines is 1. The number of hydrogen-bond acceptors (Lipinski definition) is 5. The van der Waals surface area contributed by atoms with Crippen LogP contribution in [0.2, 0.25) is 0 Å². The van der Waals surface area contributed by atoms with Gasteiger partial charge in [-0.3, -0.25) is 5.43 Å². The molecule has 0 spiro atoms. The van der Waals surface area contributed by atoms with Crippen LogP contribution >= 0.6 is 0 Å². The Kier molecular flexibility index (Phi) is 2.71. The third-order valence-corrected chi connectivity index (χ3v) is 2.51. The molecule has 5 nitrogen and oxygen atoms in total. The highest BCUT2D eigenvalue weighted by molar-refractivity contribution is 5.92. The number of rotatable bonds is 3. The van der Waals surface area contributed by atoms with E-state index in [1.165, 1.54) is 0 Å². The minimum Gasteiger partial charge on any atom is -0.463 e. The molecule has 0 saturated heterocycles. The van der Waals surface area contributed by atoms with Crippen LogP contribution in [0.4, 0.5) is 5.69 Å². The predicted octanol–water partition coefficient (Wildman–Crippen LogP) is 2.67. The maximum Gasteiger partial charge on any atom is 0.146 e. The normalized spacial score (nSPS) is 11.1. The first-order chi connectivity index (χ1) is 8.93. The molecule has 0 unspecified atom stereocenters. The van der Waals surface area contributed by atoms with Crippen LogP contribution in [-0.4, -0.2) is 16.4 Å². The van der Waals surface area contributed by atoms with Crippen LogP contribution in [0, 0.1) is 0 Å². The van der Waals surface area contributed by atoms with Crippen molar-refractivity contribution in [2.75, 3.05) is 5.43 Å². The first-order valence-electron chi connectivity index (χ1n) is 5.45. The molecular weight excluding hydrogens is 228 g/mol. The molecule has 3 aromatic rings. The highest BCUT2D eigenvalue weighted by Crippen LogP contribution is 2.21. The lowest BCUT2D eigenvalue weighted by Gasteiger charge is -2.03. The van der Waals surface area contributed by atoms with E-state index in [4.69, 9.17) is 4.42 Å². The fourth-order valence-corrected chi connectivity index (χ4v) is 1.65. The van der Waals surface area contributed by atoms with E-state index in [0.717, 1.165) is 16.5 Å². The Hall–Kier alpha value is -2.69. The summed E-state index contributed by atoms with van der Waals surface area (Å²) < 4.78 is 5.15. The van der Waals surface area contributed by atoms with Crippen LogP contribution in [-0.2, 0) is 0 Å². The maximum absolute atomic E-state index is 5.15. The van der Waals surface area contributed by atoms with Gasteiger partial charge in [0.2, 0.25) is 0 Å². The van der Waals surface area contributed by atoms with E-state index in [2.05, 4.69) is 20.7 Å². The van der Waals surface area contributed by atoms with Gasteiger partial charge >= 0.3 is 0 Å². The van der Waals surface area contributed by atoms with Crippen LogP contribution in [0.5, 0.6) is 0 Å². The van der Waals surface area contributed by atoms with Crippen molar-refractivity contribution in [3.63, 3.8) is 0 Å². The third-order valence-electron chi connectivity index (χ3n) is 2.51. The summed E-state index contributed by atoms with van der Waals surface area (Å²) in [5, 5.41) is 13.8. The summed E-state index contributed by atoms with van der Waals surface area (Å²) in [6.07, 6.45) is 6.65. The summed E-state index contributed by atoms with van der Waals surface area (Å²) >= 11 is 0. The van der Waals surface area contributed by atoms with Gasteiger partial charge in [0, 0.05) is 10.8 Å². The molecular formula is C13H10N4O. The Morgan fingerprint density at radius 1 is 1.11 bits per heavy atom. The van der Waals surface area contributed by atoms with E-state index in [1.807, 2.05) is 30.3 Å². The van der Waals surface area contributed by atoms with Gasteiger partial charge in [0.25, 0.3) is 0 Å². The molecule has 1 N–H and O–H groups in total. The predicted molar refractivity (Wildman–Crippen MR) is 69.5 cm³/mol. The summed E-state index contributed by atoms with van der Waals surface area (Å²) in [5.41, 5.74) is 3.85. The van der Waals surface area contributed by atoms with E-state index in [0.29, 0.717) is 5.76 Å². The Balaban J connectivity index is 1.87. The molecule has 0 amide bonds. The van der Waals surface area contributed by atoms with Gasteiger partial charge in [-0.1, -0.05) is 12.1 Å². The van der Waals surface area contributed by atoms with Crippen molar-refractivity contribution in [1.29, 1.82) is 0 Å². The first-order valence-corrected chi connectivity index (χ1v) is 5.45. The second-order valence-electron chi connectivity index (χ2n) is 3.68. The number of fused-ring (bicyclic) bond motifs is 1. The number of hydrogen-bond donors (Lipinski definition) is 1. The van der Waals surface area contributed by atoms with E-state index >= 15 is 0 Å². The largest absolute Gasteiger partial charge is 0.463 e. The average Bonchev–Trinajstić information content (AvgIpc) is 2.92. The summed E-state index contributed by atoms with van der Waals surface area (Å²) in [7, 11) is 0. The summed E-state index contributed by atoms with van der Waals surface area (Å²) in [4.78, 5) is 0. The smallest absolute Gasteiger partial charge is 0.146 e. The number of nitrogens with zero attached hydrogens (tertiary/aromatic N) is 3. The molecule has 0 fully saturated rings. The Morgan fingerprint density at radius 3 is 2.94 bits per heavy atom. The van der Waals surface area contributed by atoms with Crippen molar-refractivity contribution >= 4 is 22.7 Å². The van der Waals surface area contributed by atoms with Crippen molar-refractivity contribution < 1.29 is 4.42 Å². The maximum atomic E-state index is 5.15. The molecule has 0 atom stereocenters. The molecule has 5 heteroatoms. The van der Waals surface area contributed by atoms with Crippen LogP contribution in [0.15, 0.2) is 58.5 Å². The zero-order chi connectivity index (χ0) is 12.2. The number of hydrazone groups is 1. The molecule has 3 rings (SSSR count). The Bertz CT molecular complexity index is 671. The number of furan rings is 1. The lowest BCUT2D eigenvalue weighted by molar-refractivity contribution is 0.560. The zero-order valence-electron chi connectivity index (χ0n) is 9.45. The molecule has 2 heterocycles. The molecule has 0 saturated carbocycles. The topological polar surface area (TPSA) is 63.3 Å². The Labute approximate surface area is 103 Å². The minimum atomic E-state index is 0.697. The lowest BCUT2D eigenvalue weighted by atomic mass is 10.2. The molecule has 18 heavy (non-hydrogen) atoms. The molecule has 0 aliphatic carbocycles. The highest BCUT2D eigenvalue weighted by atomic mass is 16.3. The van der Waals surface area contributed by atoms with Gasteiger partial charge in [0.1, 0.15) is 5.76 Å². The second kappa shape index (κ2) is 4.67. The number of benzene rings is 1. The average molecular weight is 238 g/mol. The van der Waals surface area contributed by atoms with Crippen LogP contribution in [0.25, 0.3) is 10.8 Å². The van der Waals surface area contributed by atoms with Gasteiger partial charge in [-0.25, -0.2) is 0 Å². The molecule has 0 bridgehead atoms. The summed E-state index contributed by atoms with van der Waals surface area (Å²) in [6, 6.07) is 9.50. The van der Waals surface area contributed by atoms with Crippen molar-refractivity contribution in [1.82, 2.24) is 10.2 Å². The molecule has 0 aliphatic rings. The second-order valence-corrected chi connectivity index (χ2v) is 3.68. The summed E-state index contributed by atoms with van der Waals surface area (Å²) in [5.74, 6) is 0.697. The standard InChI is InChI=1S/C13H10N4O/c1-3-10-7-14-15-9-12(10)13(5-1)17-16-8-11-4-2-6-18-11/h1-9,17H/b16-8+. The van der Waals surface area contributed by atoms with Gasteiger partial charge in [0.15, 0.2) is 0 Å². The molecule has 0 radical (unpaired) electrons.